The number of aryl methyl sites for hydroxylation is 1. The molecule has 84 valence electrons. The van der Waals surface area contributed by atoms with Crippen molar-refractivity contribution in [1.29, 1.82) is 0 Å². The molecule has 5 nitrogen and oxygen atoms in total. The van der Waals surface area contributed by atoms with Crippen molar-refractivity contribution in [3.05, 3.63) is 39.9 Å². The molecule has 0 aliphatic heterocycles. The number of nitrogens with one attached hydrogen (secondary N) is 1. The molecular formula is C10H12N4OS. The molecule has 0 saturated heterocycles. The van der Waals surface area contributed by atoms with Crippen molar-refractivity contribution in [2.75, 3.05) is 12.4 Å². The summed E-state index contributed by atoms with van der Waals surface area (Å²) >= 11 is 1.29. The molecule has 0 unspecified atom stereocenters. The molecule has 2 aromatic heterocycles. The van der Waals surface area contributed by atoms with Gasteiger partial charge in [0.05, 0.1) is 6.54 Å². The van der Waals surface area contributed by atoms with Gasteiger partial charge in [-0.15, -0.1) is 5.10 Å². The first-order chi connectivity index (χ1) is 7.72. The summed E-state index contributed by atoms with van der Waals surface area (Å²) < 4.78 is 5.49. The quantitative estimate of drug-likeness (QED) is 0.867. The summed E-state index contributed by atoms with van der Waals surface area (Å²) in [6, 6.07) is 3.66. The number of pyridine rings is 1. The van der Waals surface area contributed by atoms with E-state index in [0.717, 1.165) is 16.3 Å². The molecule has 2 rings (SSSR count). The molecule has 0 aromatic carbocycles. The number of nitrogens with zero attached hydrogens (tertiary/aromatic N) is 3. The second-order valence-electron chi connectivity index (χ2n) is 3.42. The summed E-state index contributed by atoms with van der Waals surface area (Å²) in [5, 5.41) is 7.90. The summed E-state index contributed by atoms with van der Waals surface area (Å²) in [4.78, 5) is 11.8. The van der Waals surface area contributed by atoms with Crippen molar-refractivity contribution in [2.45, 2.75) is 13.5 Å². The first kappa shape index (κ1) is 10.8. The fourth-order valence-electron chi connectivity index (χ4n) is 1.44. The van der Waals surface area contributed by atoms with Crippen molar-refractivity contribution in [1.82, 2.24) is 14.2 Å². The maximum absolute atomic E-state index is 11.8. The van der Waals surface area contributed by atoms with Crippen LogP contribution in [-0.4, -0.2) is 21.2 Å². The highest BCUT2D eigenvalue weighted by molar-refractivity contribution is 7.10. The maximum Gasteiger partial charge on any atom is 0.253 e. The summed E-state index contributed by atoms with van der Waals surface area (Å²) in [6.45, 7) is 2.25. The smallest absolute Gasteiger partial charge is 0.253 e. The van der Waals surface area contributed by atoms with Gasteiger partial charge >= 0.3 is 0 Å². The summed E-state index contributed by atoms with van der Waals surface area (Å²) in [5.41, 5.74) is 1.54. The highest BCUT2D eigenvalue weighted by Gasteiger charge is 2.08. The SMILES string of the molecule is CNc1snnc1Cn1cccc(C)c1=O. The maximum atomic E-state index is 11.8. The Labute approximate surface area is 96.9 Å². The monoisotopic (exact) mass is 236 g/mol. The average molecular weight is 236 g/mol. The molecule has 0 radical (unpaired) electrons. The Balaban J connectivity index is 2.34. The van der Waals surface area contributed by atoms with Crippen molar-refractivity contribution < 1.29 is 0 Å². The molecule has 6 heteroatoms. The van der Waals surface area contributed by atoms with Gasteiger partial charge in [-0.05, 0) is 13.0 Å². The van der Waals surface area contributed by atoms with Gasteiger partial charge in [-0.1, -0.05) is 10.6 Å². The van der Waals surface area contributed by atoms with Crippen molar-refractivity contribution >= 4 is 16.5 Å². The second-order valence-corrected chi connectivity index (χ2v) is 4.18. The largest absolute Gasteiger partial charge is 0.377 e. The van der Waals surface area contributed by atoms with E-state index in [1.54, 1.807) is 23.8 Å². The van der Waals surface area contributed by atoms with E-state index in [1.807, 2.05) is 13.1 Å². The summed E-state index contributed by atoms with van der Waals surface area (Å²) in [5.74, 6) is 0. The Bertz CT molecular complexity index is 546. The molecule has 2 aromatic rings. The van der Waals surface area contributed by atoms with E-state index in [-0.39, 0.29) is 5.56 Å². The fraction of sp³-hybridized carbons (Fsp3) is 0.300. The number of aromatic nitrogens is 3. The number of hydrogen-bond acceptors (Lipinski definition) is 5. The molecule has 0 fully saturated rings. The standard InChI is InChI=1S/C10H12N4OS/c1-7-4-3-5-14(10(7)15)6-8-9(11-2)16-13-12-8/h3-5,11H,6H2,1-2H3. The molecule has 2 heterocycles. The van der Waals surface area contributed by atoms with Crippen LogP contribution in [0.1, 0.15) is 11.3 Å². The first-order valence-corrected chi connectivity index (χ1v) is 5.64. The minimum Gasteiger partial charge on any atom is -0.377 e. The molecule has 16 heavy (non-hydrogen) atoms. The van der Waals surface area contributed by atoms with Gasteiger partial charge in [-0.25, -0.2) is 0 Å². The predicted molar refractivity (Wildman–Crippen MR) is 64.0 cm³/mol. The fourth-order valence-corrected chi connectivity index (χ4v) is 1.97. The normalized spacial score (nSPS) is 10.4. The Hall–Kier alpha value is -1.69. The molecular weight excluding hydrogens is 224 g/mol. The topological polar surface area (TPSA) is 59.8 Å². The van der Waals surface area contributed by atoms with Gasteiger partial charge in [-0.3, -0.25) is 4.79 Å². The van der Waals surface area contributed by atoms with Gasteiger partial charge in [0.25, 0.3) is 5.56 Å². The predicted octanol–water partition coefficient (Wildman–Crippen LogP) is 1.10. The molecule has 0 aliphatic carbocycles. The number of anilines is 1. The zero-order valence-electron chi connectivity index (χ0n) is 9.10. The van der Waals surface area contributed by atoms with Crippen LogP contribution >= 0.6 is 11.5 Å². The third kappa shape index (κ3) is 1.96. The van der Waals surface area contributed by atoms with Crippen LogP contribution in [0.4, 0.5) is 5.00 Å². The first-order valence-electron chi connectivity index (χ1n) is 4.87. The van der Waals surface area contributed by atoms with E-state index in [0.29, 0.717) is 6.54 Å². The van der Waals surface area contributed by atoms with Crippen LogP contribution in [0, 0.1) is 6.92 Å². The summed E-state index contributed by atoms with van der Waals surface area (Å²) in [6.07, 6.45) is 1.76. The molecule has 1 N–H and O–H groups in total. The van der Waals surface area contributed by atoms with E-state index >= 15 is 0 Å². The van der Waals surface area contributed by atoms with Crippen molar-refractivity contribution in [3.63, 3.8) is 0 Å². The highest BCUT2D eigenvalue weighted by Crippen LogP contribution is 2.16. The summed E-state index contributed by atoms with van der Waals surface area (Å²) in [7, 11) is 1.82. The van der Waals surface area contributed by atoms with Gasteiger partial charge in [-0.2, -0.15) is 0 Å². The van der Waals surface area contributed by atoms with E-state index in [1.165, 1.54) is 11.5 Å². The molecule has 0 bridgehead atoms. The van der Waals surface area contributed by atoms with Gasteiger partial charge in [0.2, 0.25) is 0 Å². The minimum absolute atomic E-state index is 0.0116. The van der Waals surface area contributed by atoms with Gasteiger partial charge in [0.15, 0.2) is 0 Å². The Kier molecular flexibility index (Phi) is 3.00. The van der Waals surface area contributed by atoms with Gasteiger partial charge < -0.3 is 9.88 Å². The molecule has 0 atom stereocenters. The molecule has 0 saturated carbocycles. The lowest BCUT2D eigenvalue weighted by molar-refractivity contribution is 0.731. The van der Waals surface area contributed by atoms with Crippen LogP contribution in [0.5, 0.6) is 0 Å². The third-order valence-corrected chi connectivity index (χ3v) is 3.10. The lowest BCUT2D eigenvalue weighted by atomic mass is 10.3. The Morgan fingerprint density at radius 2 is 2.38 bits per heavy atom. The average Bonchev–Trinajstić information content (AvgIpc) is 2.72. The van der Waals surface area contributed by atoms with Crippen LogP contribution in [-0.2, 0) is 6.54 Å². The Morgan fingerprint density at radius 1 is 1.56 bits per heavy atom. The molecule has 0 aliphatic rings. The molecule has 0 spiro atoms. The molecule has 0 amide bonds. The number of hydrogen-bond donors (Lipinski definition) is 1. The highest BCUT2D eigenvalue weighted by atomic mass is 32.1. The zero-order valence-corrected chi connectivity index (χ0v) is 9.91. The van der Waals surface area contributed by atoms with Crippen LogP contribution < -0.4 is 10.9 Å². The van der Waals surface area contributed by atoms with Crippen LogP contribution in [0.3, 0.4) is 0 Å². The van der Waals surface area contributed by atoms with E-state index in [2.05, 4.69) is 14.9 Å². The minimum atomic E-state index is 0.0116. The van der Waals surface area contributed by atoms with Crippen molar-refractivity contribution in [3.8, 4) is 0 Å². The van der Waals surface area contributed by atoms with E-state index < -0.39 is 0 Å². The van der Waals surface area contributed by atoms with Gasteiger partial charge in [0.1, 0.15) is 10.7 Å². The number of rotatable bonds is 3. The Morgan fingerprint density at radius 3 is 3.12 bits per heavy atom. The van der Waals surface area contributed by atoms with Crippen LogP contribution in [0.25, 0.3) is 0 Å². The lowest BCUT2D eigenvalue weighted by Crippen LogP contribution is -2.22. The third-order valence-electron chi connectivity index (χ3n) is 2.31. The lowest BCUT2D eigenvalue weighted by Gasteiger charge is -2.05. The zero-order chi connectivity index (χ0) is 11.5. The van der Waals surface area contributed by atoms with E-state index in [4.69, 9.17) is 0 Å². The van der Waals surface area contributed by atoms with Crippen molar-refractivity contribution in [2.24, 2.45) is 0 Å². The van der Waals surface area contributed by atoms with Crippen LogP contribution in [0.2, 0.25) is 0 Å². The van der Waals surface area contributed by atoms with Crippen LogP contribution in [0.15, 0.2) is 23.1 Å². The van der Waals surface area contributed by atoms with Gasteiger partial charge in [0, 0.05) is 30.3 Å². The van der Waals surface area contributed by atoms with E-state index in [9.17, 15) is 4.79 Å². The second kappa shape index (κ2) is 4.44.